The molecule has 2 atom stereocenters. The van der Waals surface area contributed by atoms with Gasteiger partial charge >= 0.3 is 0 Å². The molecular weight excluding hydrogens is 282 g/mol. The summed E-state index contributed by atoms with van der Waals surface area (Å²) in [5.41, 5.74) is 6.54. The standard InChI is InChI=1S/C16H23N3O3/c1-11-4-5-19(8-12(11)7-17)9-16(20)18-13-2-3-14-15(6-13)22-10-21-14/h2-3,6,11-12H,4-5,7-10,17H2,1H3,(H,18,20). The Hall–Kier alpha value is -1.79. The van der Waals surface area contributed by atoms with Crippen LogP contribution in [0, 0.1) is 11.8 Å². The first-order valence-electron chi connectivity index (χ1n) is 7.77. The minimum Gasteiger partial charge on any atom is -0.454 e. The van der Waals surface area contributed by atoms with E-state index in [0.717, 1.165) is 25.2 Å². The Labute approximate surface area is 130 Å². The van der Waals surface area contributed by atoms with Crippen LogP contribution in [0.5, 0.6) is 11.5 Å². The van der Waals surface area contributed by atoms with E-state index >= 15 is 0 Å². The third kappa shape index (κ3) is 3.34. The van der Waals surface area contributed by atoms with Gasteiger partial charge in [-0.2, -0.15) is 0 Å². The quantitative estimate of drug-likeness (QED) is 0.876. The molecule has 0 aliphatic carbocycles. The number of likely N-dealkylation sites (tertiary alicyclic amines) is 1. The second kappa shape index (κ2) is 6.54. The Morgan fingerprint density at radius 1 is 1.41 bits per heavy atom. The molecule has 2 aliphatic rings. The number of ether oxygens (including phenoxy) is 2. The summed E-state index contributed by atoms with van der Waals surface area (Å²) in [5, 5.41) is 2.92. The number of nitrogens with zero attached hydrogens (tertiary/aromatic N) is 1. The summed E-state index contributed by atoms with van der Waals surface area (Å²) in [6.07, 6.45) is 1.10. The van der Waals surface area contributed by atoms with Crippen molar-refractivity contribution < 1.29 is 14.3 Å². The van der Waals surface area contributed by atoms with Gasteiger partial charge in [-0.25, -0.2) is 0 Å². The molecule has 2 unspecified atom stereocenters. The van der Waals surface area contributed by atoms with Gasteiger partial charge in [-0.15, -0.1) is 0 Å². The Bertz CT molecular complexity index is 549. The maximum Gasteiger partial charge on any atom is 0.238 e. The lowest BCUT2D eigenvalue weighted by molar-refractivity contribution is -0.117. The van der Waals surface area contributed by atoms with Crippen LogP contribution in [0.15, 0.2) is 18.2 Å². The molecule has 1 aromatic carbocycles. The SMILES string of the molecule is CC1CCN(CC(=O)Nc2ccc3c(c2)OCO3)CC1CN. The zero-order chi connectivity index (χ0) is 15.5. The number of carbonyl (C=O) groups is 1. The normalized spacial score (nSPS) is 24.3. The first-order chi connectivity index (χ1) is 10.7. The second-order valence-electron chi connectivity index (χ2n) is 6.11. The molecule has 0 saturated carbocycles. The summed E-state index contributed by atoms with van der Waals surface area (Å²) >= 11 is 0. The molecule has 3 N–H and O–H groups in total. The van der Waals surface area contributed by atoms with Gasteiger partial charge in [0.2, 0.25) is 12.7 Å². The molecule has 1 amide bonds. The molecule has 0 aromatic heterocycles. The van der Waals surface area contributed by atoms with Gasteiger partial charge in [-0.3, -0.25) is 9.69 Å². The number of nitrogens with two attached hydrogens (primary N) is 1. The van der Waals surface area contributed by atoms with Crippen LogP contribution in [-0.2, 0) is 4.79 Å². The van der Waals surface area contributed by atoms with Crippen molar-refractivity contribution >= 4 is 11.6 Å². The third-order valence-electron chi connectivity index (χ3n) is 4.52. The molecule has 1 fully saturated rings. The number of anilines is 1. The summed E-state index contributed by atoms with van der Waals surface area (Å²) < 4.78 is 10.6. The van der Waals surface area contributed by atoms with Gasteiger partial charge in [0.15, 0.2) is 11.5 Å². The molecule has 0 bridgehead atoms. The Kier molecular flexibility index (Phi) is 4.49. The van der Waals surface area contributed by atoms with Gasteiger partial charge < -0.3 is 20.5 Å². The van der Waals surface area contributed by atoms with Crippen molar-refractivity contribution in [2.75, 3.05) is 38.3 Å². The lowest BCUT2D eigenvalue weighted by Crippen LogP contribution is -2.45. The molecule has 0 radical (unpaired) electrons. The van der Waals surface area contributed by atoms with Gasteiger partial charge in [0.25, 0.3) is 0 Å². The fourth-order valence-corrected chi connectivity index (χ4v) is 3.05. The van der Waals surface area contributed by atoms with Crippen molar-refractivity contribution in [3.05, 3.63) is 18.2 Å². The minimum atomic E-state index is -0.0100. The van der Waals surface area contributed by atoms with Crippen molar-refractivity contribution in [2.45, 2.75) is 13.3 Å². The molecular formula is C16H23N3O3. The van der Waals surface area contributed by atoms with Crippen LogP contribution in [0.1, 0.15) is 13.3 Å². The predicted molar refractivity (Wildman–Crippen MR) is 84.0 cm³/mol. The van der Waals surface area contributed by atoms with Crippen LogP contribution in [0.3, 0.4) is 0 Å². The van der Waals surface area contributed by atoms with Crippen molar-refractivity contribution in [1.29, 1.82) is 0 Å². The number of fused-ring (bicyclic) bond motifs is 1. The van der Waals surface area contributed by atoms with E-state index in [9.17, 15) is 4.79 Å². The summed E-state index contributed by atoms with van der Waals surface area (Å²) in [7, 11) is 0. The highest BCUT2D eigenvalue weighted by atomic mass is 16.7. The zero-order valence-corrected chi connectivity index (χ0v) is 12.9. The number of carbonyl (C=O) groups excluding carboxylic acids is 1. The lowest BCUT2D eigenvalue weighted by Gasteiger charge is -2.36. The highest BCUT2D eigenvalue weighted by Crippen LogP contribution is 2.34. The largest absolute Gasteiger partial charge is 0.454 e. The maximum absolute atomic E-state index is 12.2. The van der Waals surface area contributed by atoms with E-state index in [4.69, 9.17) is 15.2 Å². The molecule has 2 heterocycles. The molecule has 3 rings (SSSR count). The first-order valence-corrected chi connectivity index (χ1v) is 7.77. The fraction of sp³-hybridized carbons (Fsp3) is 0.562. The summed E-state index contributed by atoms with van der Waals surface area (Å²) in [6, 6.07) is 5.43. The lowest BCUT2D eigenvalue weighted by atomic mass is 9.87. The van der Waals surface area contributed by atoms with Gasteiger partial charge in [0.1, 0.15) is 0 Å². The Morgan fingerprint density at radius 2 is 2.23 bits per heavy atom. The molecule has 6 nitrogen and oxygen atoms in total. The Morgan fingerprint density at radius 3 is 3.05 bits per heavy atom. The molecule has 1 aromatic rings. The summed E-state index contributed by atoms with van der Waals surface area (Å²) in [4.78, 5) is 14.4. The summed E-state index contributed by atoms with van der Waals surface area (Å²) in [6.45, 7) is 5.40. The topological polar surface area (TPSA) is 76.8 Å². The van der Waals surface area contributed by atoms with Gasteiger partial charge in [-0.05, 0) is 43.5 Å². The summed E-state index contributed by atoms with van der Waals surface area (Å²) in [5.74, 6) is 2.50. The third-order valence-corrected chi connectivity index (χ3v) is 4.52. The van der Waals surface area contributed by atoms with Crippen molar-refractivity contribution in [2.24, 2.45) is 17.6 Å². The van der Waals surface area contributed by atoms with Crippen molar-refractivity contribution in [3.63, 3.8) is 0 Å². The Balaban J connectivity index is 1.54. The van der Waals surface area contributed by atoms with E-state index in [-0.39, 0.29) is 12.7 Å². The minimum absolute atomic E-state index is 0.0100. The highest BCUT2D eigenvalue weighted by Gasteiger charge is 2.26. The molecule has 0 spiro atoms. The fourth-order valence-electron chi connectivity index (χ4n) is 3.05. The highest BCUT2D eigenvalue weighted by molar-refractivity contribution is 5.92. The van der Waals surface area contributed by atoms with Crippen LogP contribution in [0.2, 0.25) is 0 Å². The van der Waals surface area contributed by atoms with Crippen LogP contribution < -0.4 is 20.5 Å². The van der Waals surface area contributed by atoms with Gasteiger partial charge in [-0.1, -0.05) is 6.92 Å². The molecule has 2 aliphatic heterocycles. The van der Waals surface area contributed by atoms with E-state index in [1.54, 1.807) is 6.07 Å². The maximum atomic E-state index is 12.2. The van der Waals surface area contributed by atoms with E-state index < -0.39 is 0 Å². The van der Waals surface area contributed by atoms with E-state index in [0.29, 0.717) is 36.4 Å². The monoisotopic (exact) mass is 305 g/mol. The van der Waals surface area contributed by atoms with Gasteiger partial charge in [0.05, 0.1) is 6.54 Å². The van der Waals surface area contributed by atoms with E-state index in [1.165, 1.54) is 0 Å². The number of hydrogen-bond donors (Lipinski definition) is 2. The molecule has 120 valence electrons. The average Bonchev–Trinajstić information content (AvgIpc) is 2.96. The van der Waals surface area contributed by atoms with Crippen LogP contribution >= 0.6 is 0 Å². The predicted octanol–water partition coefficient (Wildman–Crippen LogP) is 1.27. The van der Waals surface area contributed by atoms with Crippen LogP contribution in [-0.4, -0.2) is 43.8 Å². The molecule has 22 heavy (non-hydrogen) atoms. The van der Waals surface area contributed by atoms with Crippen molar-refractivity contribution in [1.82, 2.24) is 4.90 Å². The smallest absolute Gasteiger partial charge is 0.238 e. The van der Waals surface area contributed by atoms with E-state index in [2.05, 4.69) is 17.1 Å². The van der Waals surface area contributed by atoms with Crippen molar-refractivity contribution in [3.8, 4) is 11.5 Å². The number of amides is 1. The zero-order valence-electron chi connectivity index (χ0n) is 12.9. The number of nitrogens with one attached hydrogen (secondary N) is 1. The number of benzene rings is 1. The average molecular weight is 305 g/mol. The number of piperidine rings is 1. The number of hydrogen-bond acceptors (Lipinski definition) is 5. The second-order valence-corrected chi connectivity index (χ2v) is 6.11. The molecule has 6 heteroatoms. The van der Waals surface area contributed by atoms with Crippen LogP contribution in [0.4, 0.5) is 5.69 Å². The van der Waals surface area contributed by atoms with E-state index in [1.807, 2.05) is 12.1 Å². The number of rotatable bonds is 4. The molecule has 1 saturated heterocycles. The van der Waals surface area contributed by atoms with Gasteiger partial charge in [0, 0.05) is 18.3 Å². The first kappa shape index (κ1) is 15.1. The van der Waals surface area contributed by atoms with Crippen LogP contribution in [0.25, 0.3) is 0 Å².